The largest absolute Gasteiger partial charge is 0.434 e. The summed E-state index contributed by atoms with van der Waals surface area (Å²) in [5.41, 5.74) is -0.524. The predicted octanol–water partition coefficient (Wildman–Crippen LogP) is 3.92. The van der Waals surface area contributed by atoms with Gasteiger partial charge in [-0.3, -0.25) is 0 Å². The predicted molar refractivity (Wildman–Crippen MR) is 75.2 cm³/mol. The van der Waals surface area contributed by atoms with Crippen molar-refractivity contribution in [3.63, 3.8) is 0 Å². The molecule has 2 heterocycles. The fraction of sp³-hybridized carbons (Fsp3) is 0.600. The molecule has 1 aromatic rings. The molecule has 20 heavy (non-hydrogen) atoms. The van der Waals surface area contributed by atoms with E-state index in [0.29, 0.717) is 28.9 Å². The molecular formula is C15H18F2O2S. The van der Waals surface area contributed by atoms with Gasteiger partial charge in [0, 0.05) is 16.1 Å². The molecule has 110 valence electrons. The summed E-state index contributed by atoms with van der Waals surface area (Å²) < 4.78 is 29.6. The van der Waals surface area contributed by atoms with Crippen LogP contribution in [0.5, 0.6) is 5.75 Å². The highest BCUT2D eigenvalue weighted by Gasteiger charge is 2.44. The molecule has 0 spiro atoms. The van der Waals surface area contributed by atoms with Crippen LogP contribution in [0.3, 0.4) is 0 Å². The van der Waals surface area contributed by atoms with Crippen LogP contribution in [0.1, 0.15) is 37.7 Å². The van der Waals surface area contributed by atoms with E-state index in [-0.39, 0.29) is 5.75 Å². The standard InChI is InChI=1S/C15H18F2O2S/c16-14(17)19-13-7-2-1-6-12(13)15(18)8-10-4-3-5-11(9-15)20-10/h1-2,6-7,10-11,14,18H,3-5,8-9H2. The van der Waals surface area contributed by atoms with E-state index < -0.39 is 12.2 Å². The Morgan fingerprint density at radius 3 is 2.50 bits per heavy atom. The maximum atomic E-state index is 12.5. The van der Waals surface area contributed by atoms with E-state index in [1.54, 1.807) is 18.2 Å². The Balaban J connectivity index is 1.91. The molecule has 0 aliphatic carbocycles. The number of ether oxygens (including phenoxy) is 1. The number of halogens is 2. The summed E-state index contributed by atoms with van der Waals surface area (Å²) in [6.07, 6.45) is 4.64. The molecule has 3 rings (SSSR count). The summed E-state index contributed by atoms with van der Waals surface area (Å²) in [6.45, 7) is -2.86. The highest BCUT2D eigenvalue weighted by Crippen LogP contribution is 2.51. The molecule has 0 amide bonds. The monoisotopic (exact) mass is 300 g/mol. The van der Waals surface area contributed by atoms with Crippen LogP contribution in [0.4, 0.5) is 8.78 Å². The lowest BCUT2D eigenvalue weighted by atomic mass is 9.80. The molecular weight excluding hydrogens is 282 g/mol. The average Bonchev–Trinajstić information content (AvgIpc) is 2.37. The number of benzene rings is 1. The fourth-order valence-electron chi connectivity index (χ4n) is 3.39. The molecule has 1 N–H and O–H groups in total. The van der Waals surface area contributed by atoms with E-state index in [2.05, 4.69) is 4.74 Å². The molecule has 2 bridgehead atoms. The molecule has 2 fully saturated rings. The lowest BCUT2D eigenvalue weighted by Gasteiger charge is -2.44. The third-order valence-electron chi connectivity index (χ3n) is 4.17. The van der Waals surface area contributed by atoms with Crippen molar-refractivity contribution in [3.8, 4) is 5.75 Å². The zero-order chi connectivity index (χ0) is 14.2. The number of fused-ring (bicyclic) bond motifs is 2. The highest BCUT2D eigenvalue weighted by atomic mass is 32.2. The first kappa shape index (κ1) is 14.1. The summed E-state index contributed by atoms with van der Waals surface area (Å²) in [6, 6.07) is 6.65. The summed E-state index contributed by atoms with van der Waals surface area (Å²) in [5.74, 6) is 0.106. The first-order valence-corrected chi connectivity index (χ1v) is 7.93. The van der Waals surface area contributed by atoms with E-state index in [4.69, 9.17) is 0 Å². The topological polar surface area (TPSA) is 29.5 Å². The molecule has 5 heteroatoms. The second-order valence-electron chi connectivity index (χ2n) is 5.63. The Morgan fingerprint density at radius 1 is 1.20 bits per heavy atom. The minimum atomic E-state index is -2.86. The van der Waals surface area contributed by atoms with Crippen LogP contribution in [0.15, 0.2) is 24.3 Å². The Kier molecular flexibility index (Phi) is 3.91. The molecule has 2 atom stereocenters. The third-order valence-corrected chi connectivity index (χ3v) is 5.75. The highest BCUT2D eigenvalue weighted by molar-refractivity contribution is 8.00. The first-order valence-electron chi connectivity index (χ1n) is 6.99. The second-order valence-corrected chi connectivity index (χ2v) is 7.23. The number of rotatable bonds is 3. The van der Waals surface area contributed by atoms with Crippen LogP contribution in [0.25, 0.3) is 0 Å². The van der Waals surface area contributed by atoms with Gasteiger partial charge in [0.05, 0.1) is 5.60 Å². The minimum absolute atomic E-state index is 0.106. The molecule has 2 unspecified atom stereocenters. The SMILES string of the molecule is OC1(c2ccccc2OC(F)F)CC2CCCC(C1)S2. The van der Waals surface area contributed by atoms with Gasteiger partial charge in [0.2, 0.25) is 0 Å². The Bertz CT molecular complexity index is 469. The lowest BCUT2D eigenvalue weighted by Crippen LogP contribution is -2.40. The van der Waals surface area contributed by atoms with Crippen molar-refractivity contribution in [1.29, 1.82) is 0 Å². The van der Waals surface area contributed by atoms with E-state index in [1.165, 1.54) is 12.5 Å². The van der Waals surface area contributed by atoms with Crippen LogP contribution < -0.4 is 4.74 Å². The van der Waals surface area contributed by atoms with Crippen molar-refractivity contribution < 1.29 is 18.6 Å². The normalized spacial score (nSPS) is 33.2. The third kappa shape index (κ3) is 2.79. The molecule has 2 saturated heterocycles. The summed E-state index contributed by atoms with van der Waals surface area (Å²) in [7, 11) is 0. The van der Waals surface area contributed by atoms with Gasteiger partial charge in [0.25, 0.3) is 0 Å². The van der Waals surface area contributed by atoms with Crippen LogP contribution in [-0.4, -0.2) is 22.2 Å². The van der Waals surface area contributed by atoms with E-state index >= 15 is 0 Å². The van der Waals surface area contributed by atoms with Crippen molar-refractivity contribution in [2.24, 2.45) is 0 Å². The molecule has 1 aromatic carbocycles. The van der Waals surface area contributed by atoms with Gasteiger partial charge in [-0.15, -0.1) is 0 Å². The van der Waals surface area contributed by atoms with E-state index in [0.717, 1.165) is 12.8 Å². The molecule has 0 aromatic heterocycles. The maximum Gasteiger partial charge on any atom is 0.387 e. The summed E-state index contributed by atoms with van der Waals surface area (Å²) >= 11 is 1.94. The molecule has 2 aliphatic rings. The average molecular weight is 300 g/mol. The molecule has 0 radical (unpaired) electrons. The molecule has 0 saturated carbocycles. The van der Waals surface area contributed by atoms with Crippen molar-refractivity contribution in [3.05, 3.63) is 29.8 Å². The number of aliphatic hydroxyl groups is 1. The second kappa shape index (κ2) is 5.53. The van der Waals surface area contributed by atoms with Gasteiger partial charge in [-0.2, -0.15) is 20.5 Å². The van der Waals surface area contributed by atoms with Crippen LogP contribution in [0.2, 0.25) is 0 Å². The van der Waals surface area contributed by atoms with Gasteiger partial charge in [-0.1, -0.05) is 24.6 Å². The first-order chi connectivity index (χ1) is 9.57. The van der Waals surface area contributed by atoms with Crippen molar-refractivity contribution in [2.45, 2.75) is 54.8 Å². The quantitative estimate of drug-likeness (QED) is 0.917. The van der Waals surface area contributed by atoms with Crippen molar-refractivity contribution >= 4 is 11.8 Å². The van der Waals surface area contributed by atoms with Crippen molar-refractivity contribution in [1.82, 2.24) is 0 Å². The van der Waals surface area contributed by atoms with Crippen molar-refractivity contribution in [2.75, 3.05) is 0 Å². The van der Waals surface area contributed by atoms with Gasteiger partial charge >= 0.3 is 6.61 Å². The smallest absolute Gasteiger partial charge is 0.387 e. The Labute approximate surface area is 121 Å². The number of hydrogen-bond donors (Lipinski definition) is 1. The van der Waals surface area contributed by atoms with E-state index in [9.17, 15) is 13.9 Å². The number of thioether (sulfide) groups is 1. The van der Waals surface area contributed by atoms with Gasteiger partial charge in [0.15, 0.2) is 0 Å². The van der Waals surface area contributed by atoms with Crippen LogP contribution in [-0.2, 0) is 5.60 Å². The number of para-hydroxylation sites is 1. The lowest BCUT2D eigenvalue weighted by molar-refractivity contribution is -0.0563. The number of hydrogen-bond acceptors (Lipinski definition) is 3. The maximum absolute atomic E-state index is 12.5. The minimum Gasteiger partial charge on any atom is -0.434 e. The summed E-state index contributed by atoms with van der Waals surface area (Å²) in [4.78, 5) is 0. The Hall–Kier alpha value is -0.810. The Morgan fingerprint density at radius 2 is 1.85 bits per heavy atom. The number of alkyl halides is 2. The summed E-state index contributed by atoms with van der Waals surface area (Å²) in [5, 5.41) is 11.9. The zero-order valence-corrected chi connectivity index (χ0v) is 11.9. The zero-order valence-electron chi connectivity index (χ0n) is 11.1. The van der Waals surface area contributed by atoms with Gasteiger partial charge in [-0.25, -0.2) is 0 Å². The van der Waals surface area contributed by atoms with Crippen LogP contribution in [0, 0.1) is 0 Å². The van der Waals surface area contributed by atoms with Crippen LogP contribution >= 0.6 is 11.8 Å². The van der Waals surface area contributed by atoms with E-state index in [1.807, 2.05) is 11.8 Å². The van der Waals surface area contributed by atoms with Gasteiger partial charge in [-0.05, 0) is 31.7 Å². The van der Waals surface area contributed by atoms with Gasteiger partial charge in [0.1, 0.15) is 5.75 Å². The fourth-order valence-corrected chi connectivity index (χ4v) is 5.28. The molecule has 2 nitrogen and oxygen atoms in total. The van der Waals surface area contributed by atoms with Gasteiger partial charge < -0.3 is 9.84 Å². The molecule has 2 aliphatic heterocycles.